The second-order valence-electron chi connectivity index (χ2n) is 8.65. The van der Waals surface area contributed by atoms with E-state index in [0.717, 1.165) is 22.6 Å². The molecule has 0 N–H and O–H groups in total. The molecular formula is C24H25ClN6O2. The van der Waals surface area contributed by atoms with Gasteiger partial charge in [0.2, 0.25) is 0 Å². The molecule has 1 amide bonds. The van der Waals surface area contributed by atoms with Crippen molar-refractivity contribution in [1.82, 2.24) is 29.2 Å². The Kier molecular flexibility index (Phi) is 5.22. The van der Waals surface area contributed by atoms with E-state index in [2.05, 4.69) is 10.1 Å². The van der Waals surface area contributed by atoms with Crippen molar-refractivity contribution in [2.24, 2.45) is 7.05 Å². The van der Waals surface area contributed by atoms with E-state index in [4.69, 9.17) is 21.3 Å². The predicted octanol–water partition coefficient (Wildman–Crippen LogP) is 3.89. The van der Waals surface area contributed by atoms with Gasteiger partial charge in [0, 0.05) is 50.2 Å². The summed E-state index contributed by atoms with van der Waals surface area (Å²) in [6.45, 7) is 4.35. The number of halogens is 1. The predicted molar refractivity (Wildman–Crippen MR) is 126 cm³/mol. The molecule has 0 radical (unpaired) electrons. The van der Waals surface area contributed by atoms with Gasteiger partial charge in [0.15, 0.2) is 5.69 Å². The summed E-state index contributed by atoms with van der Waals surface area (Å²) >= 11 is 6.21. The van der Waals surface area contributed by atoms with Gasteiger partial charge in [-0.05, 0) is 50.2 Å². The van der Waals surface area contributed by atoms with Gasteiger partial charge in [-0.25, -0.2) is 14.6 Å². The van der Waals surface area contributed by atoms with E-state index in [9.17, 15) is 4.79 Å². The zero-order valence-corrected chi connectivity index (χ0v) is 19.7. The average molecular weight is 465 g/mol. The summed E-state index contributed by atoms with van der Waals surface area (Å²) in [4.78, 5) is 25.4. The Morgan fingerprint density at radius 2 is 2.06 bits per heavy atom. The number of aryl methyl sites for hydroxylation is 2. The molecular weight excluding hydrogens is 440 g/mol. The van der Waals surface area contributed by atoms with Crippen LogP contribution in [0.4, 0.5) is 0 Å². The summed E-state index contributed by atoms with van der Waals surface area (Å²) in [5.41, 5.74) is 2.79. The van der Waals surface area contributed by atoms with E-state index in [1.54, 1.807) is 24.2 Å². The number of nitrogens with zero attached hydrogens (tertiary/aromatic N) is 6. The van der Waals surface area contributed by atoms with Gasteiger partial charge in [0.1, 0.15) is 11.4 Å². The van der Waals surface area contributed by atoms with Crippen LogP contribution >= 0.6 is 11.6 Å². The van der Waals surface area contributed by atoms with Crippen LogP contribution in [0.1, 0.15) is 35.4 Å². The molecule has 0 aliphatic carbocycles. The Morgan fingerprint density at radius 1 is 1.24 bits per heavy atom. The molecule has 1 unspecified atom stereocenters. The minimum Gasteiger partial charge on any atom is -0.380 e. The van der Waals surface area contributed by atoms with Gasteiger partial charge in [-0.3, -0.25) is 4.79 Å². The standard InChI is InChI=1S/C24H25ClN6O2/c1-15-6-8-20(31-11-5-10-26-31)21(27-15)22(32)30-14-17(33-4)13-24(30,2)23-28-18-12-16(25)7-9-19(18)29(23)3/h5-12,17H,13-14H2,1-4H3/t17-,24?/m1/s1. The lowest BCUT2D eigenvalue weighted by Gasteiger charge is -2.34. The molecule has 9 heteroatoms. The number of methoxy groups -OCH3 is 1. The Balaban J connectivity index is 1.64. The highest BCUT2D eigenvalue weighted by Gasteiger charge is 2.49. The lowest BCUT2D eigenvalue weighted by molar-refractivity contribution is 0.0579. The van der Waals surface area contributed by atoms with Crippen molar-refractivity contribution in [3.8, 4) is 5.69 Å². The number of ether oxygens (including phenoxy) is 1. The average Bonchev–Trinajstić information content (AvgIpc) is 3.52. The number of pyridine rings is 1. The van der Waals surface area contributed by atoms with Crippen LogP contribution in [0.2, 0.25) is 5.02 Å². The number of fused-ring (bicyclic) bond motifs is 1. The summed E-state index contributed by atoms with van der Waals surface area (Å²) in [6, 6.07) is 11.2. The summed E-state index contributed by atoms with van der Waals surface area (Å²) in [6.07, 6.45) is 3.97. The van der Waals surface area contributed by atoms with Crippen molar-refractivity contribution in [3.05, 3.63) is 71.0 Å². The van der Waals surface area contributed by atoms with E-state index < -0.39 is 5.54 Å². The molecule has 1 aliphatic rings. The van der Waals surface area contributed by atoms with Crippen LogP contribution in [0.3, 0.4) is 0 Å². The minimum absolute atomic E-state index is 0.125. The second kappa shape index (κ2) is 7.97. The highest BCUT2D eigenvalue weighted by atomic mass is 35.5. The first kappa shape index (κ1) is 21.6. The number of carbonyl (C=O) groups is 1. The quantitative estimate of drug-likeness (QED) is 0.458. The number of likely N-dealkylation sites (tertiary alicyclic amines) is 1. The van der Waals surface area contributed by atoms with Gasteiger partial charge in [0.25, 0.3) is 5.91 Å². The summed E-state index contributed by atoms with van der Waals surface area (Å²) in [5, 5.41) is 4.94. The minimum atomic E-state index is -0.704. The lowest BCUT2D eigenvalue weighted by Crippen LogP contribution is -2.45. The van der Waals surface area contributed by atoms with Crippen LogP contribution in [0.25, 0.3) is 16.7 Å². The Morgan fingerprint density at radius 3 is 2.79 bits per heavy atom. The van der Waals surface area contributed by atoms with Gasteiger partial charge in [-0.15, -0.1) is 0 Å². The smallest absolute Gasteiger partial charge is 0.275 e. The maximum atomic E-state index is 14.1. The molecule has 0 bridgehead atoms. The number of hydrogen-bond acceptors (Lipinski definition) is 5. The summed E-state index contributed by atoms with van der Waals surface area (Å²) < 4.78 is 9.41. The number of hydrogen-bond donors (Lipinski definition) is 0. The fraction of sp³-hybridized carbons (Fsp3) is 0.333. The molecule has 2 atom stereocenters. The van der Waals surface area contributed by atoms with Crippen molar-refractivity contribution < 1.29 is 9.53 Å². The zero-order chi connectivity index (χ0) is 23.3. The van der Waals surface area contributed by atoms with E-state index in [1.807, 2.05) is 66.8 Å². The molecule has 1 aliphatic heterocycles. The van der Waals surface area contributed by atoms with E-state index in [0.29, 0.717) is 29.4 Å². The van der Waals surface area contributed by atoms with E-state index in [-0.39, 0.29) is 12.0 Å². The summed E-state index contributed by atoms with van der Waals surface area (Å²) in [5.74, 6) is 0.595. The molecule has 4 aromatic rings. The Labute approximate surface area is 196 Å². The fourth-order valence-electron chi connectivity index (χ4n) is 4.79. The number of rotatable bonds is 4. The third kappa shape index (κ3) is 3.50. The molecule has 0 saturated carbocycles. The molecule has 3 aromatic heterocycles. The number of benzene rings is 1. The molecule has 1 saturated heterocycles. The van der Waals surface area contributed by atoms with Crippen LogP contribution in [0.5, 0.6) is 0 Å². The van der Waals surface area contributed by atoms with Crippen molar-refractivity contribution in [2.75, 3.05) is 13.7 Å². The maximum Gasteiger partial charge on any atom is 0.275 e. The lowest BCUT2D eigenvalue weighted by atomic mass is 9.96. The molecule has 1 fully saturated rings. The van der Waals surface area contributed by atoms with Crippen LogP contribution in [0, 0.1) is 6.92 Å². The SMILES string of the molecule is CO[C@H]1CN(C(=O)c2nc(C)ccc2-n2cccn2)C(C)(c2nc3cc(Cl)ccc3n2C)C1. The largest absolute Gasteiger partial charge is 0.380 e. The fourth-order valence-corrected chi connectivity index (χ4v) is 4.95. The van der Waals surface area contributed by atoms with Crippen molar-refractivity contribution in [3.63, 3.8) is 0 Å². The van der Waals surface area contributed by atoms with Crippen molar-refractivity contribution >= 4 is 28.5 Å². The second-order valence-corrected chi connectivity index (χ2v) is 9.09. The maximum absolute atomic E-state index is 14.1. The van der Waals surface area contributed by atoms with E-state index in [1.165, 1.54) is 0 Å². The van der Waals surface area contributed by atoms with Crippen molar-refractivity contribution in [1.29, 1.82) is 0 Å². The highest BCUT2D eigenvalue weighted by molar-refractivity contribution is 6.31. The third-order valence-electron chi connectivity index (χ3n) is 6.48. The molecule has 8 nitrogen and oxygen atoms in total. The zero-order valence-electron chi connectivity index (χ0n) is 19.0. The number of carbonyl (C=O) groups excluding carboxylic acids is 1. The molecule has 1 aromatic carbocycles. The number of imidazole rings is 1. The molecule has 5 rings (SSSR count). The van der Waals surface area contributed by atoms with Gasteiger partial charge >= 0.3 is 0 Å². The first-order valence-electron chi connectivity index (χ1n) is 10.8. The summed E-state index contributed by atoms with van der Waals surface area (Å²) in [7, 11) is 3.64. The van der Waals surface area contributed by atoms with Gasteiger partial charge < -0.3 is 14.2 Å². The highest BCUT2D eigenvalue weighted by Crippen LogP contribution is 2.41. The normalized spacial score (nSPS) is 20.6. The van der Waals surface area contributed by atoms with Crippen LogP contribution in [-0.2, 0) is 17.3 Å². The molecule has 0 spiro atoms. The van der Waals surface area contributed by atoms with Crippen molar-refractivity contribution in [2.45, 2.75) is 31.9 Å². The van der Waals surface area contributed by atoms with Crippen LogP contribution in [0.15, 0.2) is 48.8 Å². The van der Waals surface area contributed by atoms with Gasteiger partial charge in [-0.2, -0.15) is 5.10 Å². The topological polar surface area (TPSA) is 78.1 Å². The monoisotopic (exact) mass is 464 g/mol. The van der Waals surface area contributed by atoms with Gasteiger partial charge in [0.05, 0.1) is 22.8 Å². The number of amides is 1. The molecule has 33 heavy (non-hydrogen) atoms. The van der Waals surface area contributed by atoms with Gasteiger partial charge in [-0.1, -0.05) is 11.6 Å². The first-order chi connectivity index (χ1) is 15.8. The molecule has 170 valence electrons. The van der Waals surface area contributed by atoms with Crippen LogP contribution < -0.4 is 0 Å². The first-order valence-corrected chi connectivity index (χ1v) is 11.1. The Bertz CT molecular complexity index is 1350. The Hall–Kier alpha value is -3.23. The number of aromatic nitrogens is 5. The van der Waals surface area contributed by atoms with Crippen LogP contribution in [-0.4, -0.2) is 54.9 Å². The van der Waals surface area contributed by atoms with E-state index >= 15 is 0 Å². The molecule has 4 heterocycles. The third-order valence-corrected chi connectivity index (χ3v) is 6.71.